The van der Waals surface area contributed by atoms with E-state index in [-0.39, 0.29) is 0 Å². The van der Waals surface area contributed by atoms with Crippen molar-refractivity contribution in [1.29, 1.82) is 0 Å². The van der Waals surface area contributed by atoms with Gasteiger partial charge < -0.3 is 10.6 Å². The van der Waals surface area contributed by atoms with Gasteiger partial charge in [-0.05, 0) is 38.1 Å². The number of benzene rings is 1. The zero-order chi connectivity index (χ0) is 14.5. The molecule has 1 aromatic carbocycles. The summed E-state index contributed by atoms with van der Waals surface area (Å²) < 4.78 is 0. The smallest absolute Gasteiger partial charge is 0.0945 e. The summed E-state index contributed by atoms with van der Waals surface area (Å²) in [6.45, 7) is 3.67. The van der Waals surface area contributed by atoms with Crippen LogP contribution >= 0.6 is 11.3 Å². The van der Waals surface area contributed by atoms with E-state index in [2.05, 4.69) is 10.3 Å². The predicted octanol–water partition coefficient (Wildman–Crippen LogP) is 3.81. The van der Waals surface area contributed by atoms with Crippen molar-refractivity contribution in [3.63, 3.8) is 0 Å². The predicted molar refractivity (Wildman–Crippen MR) is 90.6 cm³/mol. The number of thiazole rings is 1. The standard InChI is InChI=1S/C17H23N3S/c18-15-7-5-14(6-8-15)16-13-21-17(19-16)9-12-20-10-3-1-2-4-11-20/h5-8,13H,1-4,9-12,18H2. The van der Waals surface area contributed by atoms with Crippen LogP contribution in [-0.4, -0.2) is 29.5 Å². The van der Waals surface area contributed by atoms with Crippen molar-refractivity contribution in [2.75, 3.05) is 25.4 Å². The number of nitrogens with two attached hydrogens (primary N) is 1. The van der Waals surface area contributed by atoms with Gasteiger partial charge in [0.2, 0.25) is 0 Å². The normalized spacial score (nSPS) is 16.8. The number of nitrogen functional groups attached to an aromatic ring is 1. The highest BCUT2D eigenvalue weighted by Gasteiger charge is 2.10. The molecule has 0 amide bonds. The molecule has 1 aliphatic heterocycles. The van der Waals surface area contributed by atoms with Crippen LogP contribution in [-0.2, 0) is 6.42 Å². The fraction of sp³-hybridized carbons (Fsp3) is 0.471. The highest BCUT2D eigenvalue weighted by atomic mass is 32.1. The number of anilines is 1. The maximum Gasteiger partial charge on any atom is 0.0945 e. The first-order valence-corrected chi connectivity index (χ1v) is 8.72. The van der Waals surface area contributed by atoms with E-state index in [4.69, 9.17) is 10.7 Å². The molecule has 0 bridgehead atoms. The molecule has 2 N–H and O–H groups in total. The molecule has 21 heavy (non-hydrogen) atoms. The van der Waals surface area contributed by atoms with Crippen molar-refractivity contribution in [1.82, 2.24) is 9.88 Å². The van der Waals surface area contributed by atoms with Crippen LogP contribution in [0.4, 0.5) is 5.69 Å². The van der Waals surface area contributed by atoms with Gasteiger partial charge in [-0.1, -0.05) is 25.0 Å². The minimum atomic E-state index is 0.801. The Kier molecular flexibility index (Phi) is 4.88. The summed E-state index contributed by atoms with van der Waals surface area (Å²) in [7, 11) is 0. The van der Waals surface area contributed by atoms with E-state index >= 15 is 0 Å². The molecule has 2 heterocycles. The van der Waals surface area contributed by atoms with Crippen LogP contribution in [0, 0.1) is 0 Å². The Morgan fingerprint density at radius 1 is 1.05 bits per heavy atom. The Hall–Kier alpha value is -1.39. The average Bonchev–Trinajstić information content (AvgIpc) is 2.81. The third-order valence-electron chi connectivity index (χ3n) is 4.10. The molecule has 3 rings (SSSR count). The summed E-state index contributed by atoms with van der Waals surface area (Å²) in [5.41, 5.74) is 8.76. The third kappa shape index (κ3) is 4.05. The van der Waals surface area contributed by atoms with Gasteiger partial charge in [0.25, 0.3) is 0 Å². The summed E-state index contributed by atoms with van der Waals surface area (Å²) in [5.74, 6) is 0. The molecule has 3 nitrogen and oxygen atoms in total. The number of hydrogen-bond donors (Lipinski definition) is 1. The lowest BCUT2D eigenvalue weighted by atomic mass is 10.1. The average molecular weight is 301 g/mol. The van der Waals surface area contributed by atoms with Gasteiger partial charge in [-0.2, -0.15) is 0 Å². The van der Waals surface area contributed by atoms with Crippen LogP contribution in [0.1, 0.15) is 30.7 Å². The highest BCUT2D eigenvalue weighted by Crippen LogP contribution is 2.23. The van der Waals surface area contributed by atoms with Crippen LogP contribution in [0.5, 0.6) is 0 Å². The maximum atomic E-state index is 5.73. The number of nitrogens with zero attached hydrogens (tertiary/aromatic N) is 2. The molecule has 0 spiro atoms. The summed E-state index contributed by atoms with van der Waals surface area (Å²) in [6, 6.07) is 7.96. The topological polar surface area (TPSA) is 42.1 Å². The summed E-state index contributed by atoms with van der Waals surface area (Å²) in [4.78, 5) is 7.36. The lowest BCUT2D eigenvalue weighted by molar-refractivity contribution is 0.289. The molecular formula is C17H23N3S. The van der Waals surface area contributed by atoms with Gasteiger partial charge in [0, 0.05) is 29.6 Å². The van der Waals surface area contributed by atoms with Gasteiger partial charge >= 0.3 is 0 Å². The molecular weight excluding hydrogens is 278 g/mol. The molecule has 0 unspecified atom stereocenters. The first-order valence-electron chi connectivity index (χ1n) is 7.84. The van der Waals surface area contributed by atoms with Gasteiger partial charge in [0.1, 0.15) is 0 Å². The Morgan fingerprint density at radius 3 is 2.48 bits per heavy atom. The Balaban J connectivity index is 1.58. The number of rotatable bonds is 4. The van der Waals surface area contributed by atoms with Crippen LogP contribution in [0.25, 0.3) is 11.3 Å². The SMILES string of the molecule is Nc1ccc(-c2csc(CCN3CCCCCC3)n2)cc1. The van der Waals surface area contributed by atoms with Crippen LogP contribution in [0.15, 0.2) is 29.6 Å². The molecule has 2 aromatic rings. The minimum absolute atomic E-state index is 0.801. The largest absolute Gasteiger partial charge is 0.399 e. The lowest BCUT2D eigenvalue weighted by Crippen LogP contribution is -2.26. The second-order valence-corrected chi connectivity index (χ2v) is 6.70. The third-order valence-corrected chi connectivity index (χ3v) is 5.01. The van der Waals surface area contributed by atoms with E-state index in [0.29, 0.717) is 0 Å². The fourth-order valence-corrected chi connectivity index (χ4v) is 3.62. The van der Waals surface area contributed by atoms with E-state index in [1.807, 2.05) is 24.3 Å². The van der Waals surface area contributed by atoms with Crippen molar-refractivity contribution in [3.05, 3.63) is 34.7 Å². The Labute approximate surface area is 130 Å². The number of likely N-dealkylation sites (tertiary alicyclic amines) is 1. The fourth-order valence-electron chi connectivity index (χ4n) is 2.83. The van der Waals surface area contributed by atoms with Gasteiger partial charge in [-0.3, -0.25) is 0 Å². The number of aromatic nitrogens is 1. The van der Waals surface area contributed by atoms with E-state index < -0.39 is 0 Å². The second kappa shape index (κ2) is 7.05. The van der Waals surface area contributed by atoms with Crippen molar-refractivity contribution >= 4 is 17.0 Å². The lowest BCUT2D eigenvalue weighted by Gasteiger charge is -2.18. The first kappa shape index (κ1) is 14.5. The molecule has 4 heteroatoms. The molecule has 0 saturated carbocycles. The van der Waals surface area contributed by atoms with Crippen LogP contribution in [0.3, 0.4) is 0 Å². The quantitative estimate of drug-likeness (QED) is 0.873. The first-order chi connectivity index (χ1) is 10.3. The second-order valence-electron chi connectivity index (χ2n) is 5.75. The molecule has 0 aliphatic carbocycles. The van der Waals surface area contributed by atoms with Crippen molar-refractivity contribution < 1.29 is 0 Å². The Morgan fingerprint density at radius 2 is 1.76 bits per heavy atom. The molecule has 112 valence electrons. The zero-order valence-corrected chi connectivity index (χ0v) is 13.2. The number of hydrogen-bond acceptors (Lipinski definition) is 4. The molecule has 0 atom stereocenters. The van der Waals surface area contributed by atoms with Gasteiger partial charge in [-0.15, -0.1) is 11.3 Å². The van der Waals surface area contributed by atoms with E-state index in [9.17, 15) is 0 Å². The van der Waals surface area contributed by atoms with E-state index in [1.54, 1.807) is 11.3 Å². The molecule has 0 radical (unpaired) electrons. The molecule has 1 fully saturated rings. The van der Waals surface area contributed by atoms with Crippen molar-refractivity contribution in [3.8, 4) is 11.3 Å². The van der Waals surface area contributed by atoms with Crippen LogP contribution < -0.4 is 5.73 Å². The van der Waals surface area contributed by atoms with Crippen LogP contribution in [0.2, 0.25) is 0 Å². The van der Waals surface area contributed by atoms with Gasteiger partial charge in [0.15, 0.2) is 0 Å². The highest BCUT2D eigenvalue weighted by molar-refractivity contribution is 7.09. The monoisotopic (exact) mass is 301 g/mol. The maximum absolute atomic E-state index is 5.73. The molecule has 1 aromatic heterocycles. The van der Waals surface area contributed by atoms with E-state index in [0.717, 1.165) is 29.9 Å². The van der Waals surface area contributed by atoms with E-state index in [1.165, 1.54) is 43.8 Å². The van der Waals surface area contributed by atoms with Crippen molar-refractivity contribution in [2.45, 2.75) is 32.1 Å². The minimum Gasteiger partial charge on any atom is -0.399 e. The summed E-state index contributed by atoms with van der Waals surface area (Å²) in [5, 5.41) is 3.40. The zero-order valence-electron chi connectivity index (χ0n) is 12.4. The summed E-state index contributed by atoms with van der Waals surface area (Å²) >= 11 is 1.77. The van der Waals surface area contributed by atoms with Gasteiger partial charge in [0.05, 0.1) is 10.7 Å². The van der Waals surface area contributed by atoms with Gasteiger partial charge in [-0.25, -0.2) is 4.98 Å². The Bertz CT molecular complexity index is 554. The summed E-state index contributed by atoms with van der Waals surface area (Å²) in [6.07, 6.45) is 6.58. The molecule has 1 aliphatic rings. The van der Waals surface area contributed by atoms with Crippen molar-refractivity contribution in [2.24, 2.45) is 0 Å². The molecule has 1 saturated heterocycles.